The van der Waals surface area contributed by atoms with Crippen molar-refractivity contribution in [1.82, 2.24) is 15.1 Å². The van der Waals surface area contributed by atoms with E-state index in [0.717, 1.165) is 35.2 Å². The number of amides is 1. The van der Waals surface area contributed by atoms with E-state index in [1.165, 1.54) is 35.1 Å². The van der Waals surface area contributed by atoms with Gasteiger partial charge in [0.15, 0.2) is 0 Å². The van der Waals surface area contributed by atoms with Gasteiger partial charge in [0, 0.05) is 24.0 Å². The minimum Gasteiger partial charge on any atom is -0.348 e. The Morgan fingerprint density at radius 3 is 2.52 bits per heavy atom. The minimum absolute atomic E-state index is 0.0167. The number of nitrogens with zero attached hydrogens (tertiary/aromatic N) is 2. The molecule has 0 aliphatic heterocycles. The van der Waals surface area contributed by atoms with Crippen LogP contribution in [0, 0.1) is 26.7 Å². The Kier molecular flexibility index (Phi) is 5.20. The summed E-state index contributed by atoms with van der Waals surface area (Å²) in [5, 5.41) is 8.96. The van der Waals surface area contributed by atoms with Crippen LogP contribution in [0.1, 0.15) is 59.8 Å². The first kappa shape index (κ1) is 19.7. The van der Waals surface area contributed by atoms with Gasteiger partial charge in [0.2, 0.25) is 0 Å². The Morgan fingerprint density at radius 2 is 1.90 bits per heavy atom. The highest BCUT2D eigenvalue weighted by Crippen LogP contribution is 2.35. The number of fused-ring (bicyclic) bond motifs is 1. The number of nitrogens with one attached hydrogen (secondary N) is 1. The quantitative estimate of drug-likeness (QED) is 0.607. The summed E-state index contributed by atoms with van der Waals surface area (Å²) in [5.41, 5.74) is 7.59. The lowest BCUT2D eigenvalue weighted by Gasteiger charge is -2.16. The number of hydrogen-bond acceptors (Lipinski definition) is 2. The second-order valence-electron chi connectivity index (χ2n) is 8.71. The highest BCUT2D eigenvalue weighted by Gasteiger charge is 2.27. The molecule has 1 saturated carbocycles. The Bertz CT molecular complexity index is 1050. The average molecular weight is 390 g/mol. The van der Waals surface area contributed by atoms with E-state index >= 15 is 0 Å². The molecule has 1 aromatic heterocycles. The first-order valence-electron chi connectivity index (χ1n) is 10.7. The maximum atomic E-state index is 13.2. The van der Waals surface area contributed by atoms with Crippen LogP contribution in [0.3, 0.4) is 0 Å². The Morgan fingerprint density at radius 1 is 1.21 bits per heavy atom. The van der Waals surface area contributed by atoms with Gasteiger partial charge in [-0.25, -0.2) is 0 Å². The molecule has 1 aliphatic carbocycles. The SMILES string of the molecule is CCC(CC1CC1)NC(=O)c1c2cccc(-c3c(C)cc(C)cc3C)c2nn1C. The largest absolute Gasteiger partial charge is 0.348 e. The fourth-order valence-electron chi connectivity index (χ4n) is 4.63. The maximum Gasteiger partial charge on any atom is 0.270 e. The summed E-state index contributed by atoms with van der Waals surface area (Å²) in [5.74, 6) is 0.777. The number of rotatable bonds is 6. The van der Waals surface area contributed by atoms with E-state index in [9.17, 15) is 4.79 Å². The molecule has 1 amide bonds. The van der Waals surface area contributed by atoms with Gasteiger partial charge < -0.3 is 5.32 Å². The van der Waals surface area contributed by atoms with Gasteiger partial charge in [0.25, 0.3) is 5.91 Å². The van der Waals surface area contributed by atoms with E-state index in [1.54, 1.807) is 4.68 Å². The molecule has 0 saturated heterocycles. The van der Waals surface area contributed by atoms with Crippen LogP contribution in [-0.2, 0) is 7.05 Å². The molecule has 0 spiro atoms. The summed E-state index contributed by atoms with van der Waals surface area (Å²) in [6, 6.07) is 10.8. The van der Waals surface area contributed by atoms with Crippen LogP contribution >= 0.6 is 0 Å². The van der Waals surface area contributed by atoms with Gasteiger partial charge in [0.05, 0.1) is 0 Å². The van der Waals surface area contributed by atoms with Crippen LogP contribution in [0.5, 0.6) is 0 Å². The van der Waals surface area contributed by atoms with Gasteiger partial charge in [-0.3, -0.25) is 9.48 Å². The van der Waals surface area contributed by atoms with Gasteiger partial charge in [-0.15, -0.1) is 0 Å². The van der Waals surface area contributed by atoms with Crippen LogP contribution in [-0.4, -0.2) is 21.7 Å². The molecule has 1 aliphatic rings. The topological polar surface area (TPSA) is 46.9 Å². The van der Waals surface area contributed by atoms with E-state index in [1.807, 2.05) is 19.2 Å². The van der Waals surface area contributed by atoms with Gasteiger partial charge in [-0.05, 0) is 56.2 Å². The first-order chi connectivity index (χ1) is 13.9. The lowest BCUT2D eigenvalue weighted by atomic mass is 9.92. The zero-order chi connectivity index (χ0) is 20.7. The number of carbonyl (C=O) groups is 1. The molecule has 29 heavy (non-hydrogen) atoms. The van der Waals surface area contributed by atoms with Crippen molar-refractivity contribution in [3.05, 3.63) is 52.7 Å². The van der Waals surface area contributed by atoms with Crippen molar-refractivity contribution >= 4 is 16.8 Å². The number of hydrogen-bond donors (Lipinski definition) is 1. The molecule has 0 bridgehead atoms. The number of aromatic nitrogens is 2. The number of carbonyl (C=O) groups excluding carboxylic acids is 1. The molecule has 4 nitrogen and oxygen atoms in total. The molecule has 1 heterocycles. The third kappa shape index (κ3) is 3.81. The predicted molar refractivity (Wildman–Crippen MR) is 119 cm³/mol. The first-order valence-corrected chi connectivity index (χ1v) is 10.7. The maximum absolute atomic E-state index is 13.2. The molecule has 1 atom stereocenters. The molecular formula is C25H31N3O. The molecule has 1 unspecified atom stereocenters. The molecule has 152 valence electrons. The second kappa shape index (κ2) is 7.66. The van der Waals surface area contributed by atoms with Gasteiger partial charge in [-0.1, -0.05) is 55.7 Å². The molecule has 4 rings (SSSR count). The van der Waals surface area contributed by atoms with E-state index in [2.05, 4.69) is 51.2 Å². The molecule has 1 N–H and O–H groups in total. The Hall–Kier alpha value is -2.62. The summed E-state index contributed by atoms with van der Waals surface area (Å²) in [6.45, 7) is 8.57. The van der Waals surface area contributed by atoms with E-state index in [-0.39, 0.29) is 11.9 Å². The van der Waals surface area contributed by atoms with Crippen molar-refractivity contribution in [2.75, 3.05) is 0 Å². The summed E-state index contributed by atoms with van der Waals surface area (Å²) < 4.78 is 1.74. The molecule has 4 heteroatoms. The van der Waals surface area contributed by atoms with Crippen molar-refractivity contribution in [3.8, 4) is 11.1 Å². The standard InChI is InChI=1S/C25H31N3O/c1-6-19(14-18-10-11-18)26-25(29)24-21-9-7-8-20(23(21)27-28(24)5)22-16(3)12-15(2)13-17(22)4/h7-9,12-13,18-19H,6,10-11,14H2,1-5H3,(H,26,29). The predicted octanol–water partition coefficient (Wildman–Crippen LogP) is 5.47. The van der Waals surface area contributed by atoms with Gasteiger partial charge in [0.1, 0.15) is 11.2 Å². The smallest absolute Gasteiger partial charge is 0.270 e. The Labute approximate surface area is 173 Å². The highest BCUT2D eigenvalue weighted by molar-refractivity contribution is 6.08. The average Bonchev–Trinajstić information content (AvgIpc) is 3.40. The van der Waals surface area contributed by atoms with Crippen LogP contribution in [0.15, 0.2) is 30.3 Å². The van der Waals surface area contributed by atoms with Crippen molar-refractivity contribution in [2.45, 2.75) is 59.4 Å². The zero-order valence-corrected chi connectivity index (χ0v) is 18.2. The minimum atomic E-state index is -0.0167. The summed E-state index contributed by atoms with van der Waals surface area (Å²) in [4.78, 5) is 13.2. The monoisotopic (exact) mass is 389 g/mol. The summed E-state index contributed by atoms with van der Waals surface area (Å²) in [6.07, 6.45) is 4.66. The number of aryl methyl sites for hydroxylation is 4. The molecule has 2 aromatic carbocycles. The summed E-state index contributed by atoms with van der Waals surface area (Å²) in [7, 11) is 1.87. The molecular weight excluding hydrogens is 358 g/mol. The van der Waals surface area contributed by atoms with Crippen molar-refractivity contribution < 1.29 is 4.79 Å². The van der Waals surface area contributed by atoms with Crippen LogP contribution in [0.25, 0.3) is 22.0 Å². The van der Waals surface area contributed by atoms with Crippen LogP contribution in [0.2, 0.25) is 0 Å². The van der Waals surface area contributed by atoms with Gasteiger partial charge >= 0.3 is 0 Å². The van der Waals surface area contributed by atoms with Crippen molar-refractivity contribution in [1.29, 1.82) is 0 Å². The highest BCUT2D eigenvalue weighted by atomic mass is 16.2. The Balaban J connectivity index is 1.75. The molecule has 0 radical (unpaired) electrons. The van der Waals surface area contributed by atoms with E-state index in [4.69, 9.17) is 5.10 Å². The van der Waals surface area contributed by atoms with Gasteiger partial charge in [-0.2, -0.15) is 5.10 Å². The van der Waals surface area contributed by atoms with E-state index in [0.29, 0.717) is 5.69 Å². The second-order valence-corrected chi connectivity index (χ2v) is 8.71. The lowest BCUT2D eigenvalue weighted by molar-refractivity contribution is 0.0925. The van der Waals surface area contributed by atoms with Crippen molar-refractivity contribution in [3.63, 3.8) is 0 Å². The zero-order valence-electron chi connectivity index (χ0n) is 18.2. The third-order valence-electron chi connectivity index (χ3n) is 6.17. The lowest BCUT2D eigenvalue weighted by Crippen LogP contribution is -2.35. The van der Waals surface area contributed by atoms with Crippen molar-refractivity contribution in [2.24, 2.45) is 13.0 Å². The van der Waals surface area contributed by atoms with E-state index < -0.39 is 0 Å². The number of benzene rings is 2. The normalized spacial score (nSPS) is 14.9. The van der Waals surface area contributed by atoms with Crippen LogP contribution < -0.4 is 5.32 Å². The molecule has 3 aromatic rings. The third-order valence-corrected chi connectivity index (χ3v) is 6.17. The fraction of sp³-hybridized carbons (Fsp3) is 0.440. The molecule has 1 fully saturated rings. The summed E-state index contributed by atoms with van der Waals surface area (Å²) >= 11 is 0. The fourth-order valence-corrected chi connectivity index (χ4v) is 4.63. The van der Waals surface area contributed by atoms with Crippen LogP contribution in [0.4, 0.5) is 0 Å².